The monoisotopic (exact) mass is 255 g/mol. The first kappa shape index (κ1) is 13.0. The molecule has 4 N–H and O–H groups in total. The summed E-state index contributed by atoms with van der Waals surface area (Å²) < 4.78 is 0. The summed E-state index contributed by atoms with van der Waals surface area (Å²) in [6.07, 6.45) is 0. The van der Waals surface area contributed by atoms with Crippen molar-refractivity contribution in [3.63, 3.8) is 0 Å². The number of amides is 1. The molecule has 0 aliphatic carbocycles. The molecule has 0 radical (unpaired) electrons. The van der Waals surface area contributed by atoms with Gasteiger partial charge in [-0.3, -0.25) is 4.79 Å². The highest BCUT2D eigenvalue weighted by molar-refractivity contribution is 6.06. The van der Waals surface area contributed by atoms with Gasteiger partial charge in [0.05, 0.1) is 0 Å². The SMILES string of the molecule is Cc1cccc(N(C)C(=O)c2cc(N)cc(N)c2)c1. The van der Waals surface area contributed by atoms with Gasteiger partial charge in [-0.25, -0.2) is 0 Å². The van der Waals surface area contributed by atoms with Crippen molar-refractivity contribution in [1.29, 1.82) is 0 Å². The Bertz CT molecular complexity index is 602. The molecule has 0 heterocycles. The maximum atomic E-state index is 12.4. The van der Waals surface area contributed by atoms with Gasteiger partial charge in [-0.15, -0.1) is 0 Å². The molecule has 0 atom stereocenters. The molecular weight excluding hydrogens is 238 g/mol. The number of nitrogens with two attached hydrogens (primary N) is 2. The summed E-state index contributed by atoms with van der Waals surface area (Å²) in [6, 6.07) is 12.6. The number of carbonyl (C=O) groups excluding carboxylic acids is 1. The van der Waals surface area contributed by atoms with E-state index < -0.39 is 0 Å². The summed E-state index contributed by atoms with van der Waals surface area (Å²) in [4.78, 5) is 14.0. The van der Waals surface area contributed by atoms with E-state index in [-0.39, 0.29) is 5.91 Å². The molecule has 4 nitrogen and oxygen atoms in total. The molecule has 0 bridgehead atoms. The van der Waals surface area contributed by atoms with E-state index in [9.17, 15) is 4.79 Å². The van der Waals surface area contributed by atoms with Crippen molar-refractivity contribution in [2.45, 2.75) is 6.92 Å². The molecule has 0 saturated carbocycles. The Hall–Kier alpha value is -2.49. The van der Waals surface area contributed by atoms with Gasteiger partial charge in [-0.1, -0.05) is 12.1 Å². The minimum absolute atomic E-state index is 0.135. The zero-order valence-corrected chi connectivity index (χ0v) is 11.1. The van der Waals surface area contributed by atoms with Crippen LogP contribution in [0.25, 0.3) is 0 Å². The van der Waals surface area contributed by atoms with E-state index in [1.54, 1.807) is 30.1 Å². The molecule has 0 fully saturated rings. The fourth-order valence-electron chi connectivity index (χ4n) is 1.95. The lowest BCUT2D eigenvalue weighted by atomic mass is 10.1. The average molecular weight is 255 g/mol. The second-order valence-electron chi connectivity index (χ2n) is 4.59. The minimum atomic E-state index is -0.135. The van der Waals surface area contributed by atoms with Gasteiger partial charge in [0.15, 0.2) is 0 Å². The molecule has 1 amide bonds. The molecule has 0 saturated heterocycles. The summed E-state index contributed by atoms with van der Waals surface area (Å²) in [5.41, 5.74) is 14.8. The standard InChI is InChI=1S/C15H17N3O/c1-10-4-3-5-14(6-10)18(2)15(19)11-7-12(16)9-13(17)8-11/h3-9H,16-17H2,1-2H3. The second-order valence-corrected chi connectivity index (χ2v) is 4.59. The van der Waals surface area contributed by atoms with Crippen molar-refractivity contribution in [3.05, 3.63) is 53.6 Å². The molecule has 98 valence electrons. The van der Waals surface area contributed by atoms with E-state index in [4.69, 9.17) is 11.5 Å². The first-order valence-corrected chi connectivity index (χ1v) is 5.98. The van der Waals surface area contributed by atoms with Gasteiger partial charge in [-0.05, 0) is 42.8 Å². The Labute approximate surface area is 112 Å². The van der Waals surface area contributed by atoms with Gasteiger partial charge in [0.25, 0.3) is 5.91 Å². The second kappa shape index (κ2) is 5.02. The van der Waals surface area contributed by atoms with Crippen LogP contribution in [-0.2, 0) is 0 Å². The molecular formula is C15H17N3O. The first-order chi connectivity index (χ1) is 8.97. The van der Waals surface area contributed by atoms with Crippen LogP contribution in [0, 0.1) is 6.92 Å². The summed E-state index contributed by atoms with van der Waals surface area (Å²) in [5.74, 6) is -0.135. The molecule has 0 aliphatic rings. The number of hydrogen-bond acceptors (Lipinski definition) is 3. The van der Waals surface area contributed by atoms with Crippen molar-refractivity contribution >= 4 is 23.0 Å². The molecule has 0 spiro atoms. The number of benzene rings is 2. The molecule has 0 aromatic heterocycles. The van der Waals surface area contributed by atoms with Gasteiger partial charge < -0.3 is 16.4 Å². The quantitative estimate of drug-likeness (QED) is 0.809. The van der Waals surface area contributed by atoms with Gasteiger partial charge in [0.2, 0.25) is 0 Å². The van der Waals surface area contributed by atoms with E-state index in [0.717, 1.165) is 11.3 Å². The molecule has 0 aliphatic heterocycles. The van der Waals surface area contributed by atoms with E-state index in [0.29, 0.717) is 16.9 Å². The number of nitrogens with zero attached hydrogens (tertiary/aromatic N) is 1. The predicted octanol–water partition coefficient (Wildman–Crippen LogP) is 2.44. The third-order valence-electron chi connectivity index (χ3n) is 2.92. The number of aryl methyl sites for hydroxylation is 1. The van der Waals surface area contributed by atoms with Crippen molar-refractivity contribution in [2.24, 2.45) is 0 Å². The summed E-state index contributed by atoms with van der Waals surface area (Å²) in [5, 5.41) is 0. The Morgan fingerprint density at radius 1 is 1.05 bits per heavy atom. The van der Waals surface area contributed by atoms with Crippen molar-refractivity contribution in [1.82, 2.24) is 0 Å². The van der Waals surface area contributed by atoms with E-state index >= 15 is 0 Å². The number of carbonyl (C=O) groups is 1. The van der Waals surface area contributed by atoms with Crippen molar-refractivity contribution < 1.29 is 4.79 Å². The summed E-state index contributed by atoms with van der Waals surface area (Å²) >= 11 is 0. The van der Waals surface area contributed by atoms with E-state index in [1.165, 1.54) is 0 Å². The minimum Gasteiger partial charge on any atom is -0.399 e. The van der Waals surface area contributed by atoms with Crippen LogP contribution < -0.4 is 16.4 Å². The highest BCUT2D eigenvalue weighted by Crippen LogP contribution is 2.20. The molecule has 19 heavy (non-hydrogen) atoms. The first-order valence-electron chi connectivity index (χ1n) is 5.98. The third-order valence-corrected chi connectivity index (χ3v) is 2.92. The largest absolute Gasteiger partial charge is 0.399 e. The Morgan fingerprint density at radius 3 is 2.26 bits per heavy atom. The van der Waals surface area contributed by atoms with Crippen molar-refractivity contribution in [2.75, 3.05) is 23.4 Å². The zero-order valence-electron chi connectivity index (χ0n) is 11.1. The molecule has 2 aromatic carbocycles. The lowest BCUT2D eigenvalue weighted by molar-refractivity contribution is 0.0993. The number of anilines is 3. The lowest BCUT2D eigenvalue weighted by Gasteiger charge is -2.18. The zero-order chi connectivity index (χ0) is 14.0. The van der Waals surface area contributed by atoms with Crippen molar-refractivity contribution in [3.8, 4) is 0 Å². The Balaban J connectivity index is 2.33. The third kappa shape index (κ3) is 2.85. The normalized spacial score (nSPS) is 10.2. The van der Waals surface area contributed by atoms with Crippen LogP contribution >= 0.6 is 0 Å². The topological polar surface area (TPSA) is 72.3 Å². The Kier molecular flexibility index (Phi) is 3.42. The average Bonchev–Trinajstić information content (AvgIpc) is 2.36. The van der Waals surface area contributed by atoms with Gasteiger partial charge >= 0.3 is 0 Å². The van der Waals surface area contributed by atoms with Crippen LogP contribution in [0.2, 0.25) is 0 Å². The number of nitrogen functional groups attached to an aromatic ring is 2. The molecule has 2 aromatic rings. The molecule has 2 rings (SSSR count). The summed E-state index contributed by atoms with van der Waals surface area (Å²) in [7, 11) is 1.73. The Morgan fingerprint density at radius 2 is 1.68 bits per heavy atom. The fourth-order valence-corrected chi connectivity index (χ4v) is 1.95. The van der Waals surface area contributed by atoms with Crippen LogP contribution in [0.5, 0.6) is 0 Å². The van der Waals surface area contributed by atoms with Gasteiger partial charge in [0, 0.05) is 29.7 Å². The van der Waals surface area contributed by atoms with Crippen LogP contribution in [0.3, 0.4) is 0 Å². The predicted molar refractivity (Wildman–Crippen MR) is 79.2 cm³/mol. The lowest BCUT2D eigenvalue weighted by Crippen LogP contribution is -2.26. The maximum absolute atomic E-state index is 12.4. The van der Waals surface area contributed by atoms with Crippen LogP contribution in [0.15, 0.2) is 42.5 Å². The highest BCUT2D eigenvalue weighted by Gasteiger charge is 2.14. The van der Waals surface area contributed by atoms with E-state index in [2.05, 4.69) is 0 Å². The van der Waals surface area contributed by atoms with E-state index in [1.807, 2.05) is 31.2 Å². The highest BCUT2D eigenvalue weighted by atomic mass is 16.2. The number of rotatable bonds is 2. The molecule has 0 unspecified atom stereocenters. The fraction of sp³-hybridized carbons (Fsp3) is 0.133. The van der Waals surface area contributed by atoms with Crippen LogP contribution in [0.4, 0.5) is 17.1 Å². The van der Waals surface area contributed by atoms with Crippen LogP contribution in [0.1, 0.15) is 15.9 Å². The maximum Gasteiger partial charge on any atom is 0.258 e. The molecule has 4 heteroatoms. The van der Waals surface area contributed by atoms with Gasteiger partial charge in [-0.2, -0.15) is 0 Å². The summed E-state index contributed by atoms with van der Waals surface area (Å²) in [6.45, 7) is 1.99. The number of hydrogen-bond donors (Lipinski definition) is 2. The smallest absolute Gasteiger partial charge is 0.258 e. The van der Waals surface area contributed by atoms with Gasteiger partial charge in [0.1, 0.15) is 0 Å². The van der Waals surface area contributed by atoms with Crippen LogP contribution in [-0.4, -0.2) is 13.0 Å².